The van der Waals surface area contributed by atoms with Crippen molar-refractivity contribution >= 4 is 15.9 Å². The molecule has 1 heterocycles. The molecule has 1 saturated carbocycles. The van der Waals surface area contributed by atoms with Crippen LogP contribution < -0.4 is 15.2 Å². The third-order valence-electron chi connectivity index (χ3n) is 4.67. The lowest BCUT2D eigenvalue weighted by Crippen LogP contribution is -2.42. The predicted octanol–water partition coefficient (Wildman–Crippen LogP) is 3.55. The zero-order chi connectivity index (χ0) is 14.2. The Bertz CT molecular complexity index is 506. The van der Waals surface area contributed by atoms with E-state index in [1.807, 2.05) is 0 Å². The number of hydrogen-bond donors (Lipinski definition) is 1. The van der Waals surface area contributed by atoms with Gasteiger partial charge in [-0.25, -0.2) is 0 Å². The van der Waals surface area contributed by atoms with Gasteiger partial charge in [-0.3, -0.25) is 0 Å². The molecule has 2 aliphatic rings. The largest absolute Gasteiger partial charge is 0.490 e. The SMILES string of the molecule is CCc1c2c(cc(Br)c1C1(CN)CCC1)OCCCO2. The number of nitrogens with two attached hydrogens (primary N) is 1. The first-order valence-corrected chi connectivity index (χ1v) is 8.32. The van der Waals surface area contributed by atoms with E-state index >= 15 is 0 Å². The first kappa shape index (κ1) is 14.2. The highest BCUT2D eigenvalue weighted by atomic mass is 79.9. The van der Waals surface area contributed by atoms with Gasteiger partial charge in [-0.2, -0.15) is 0 Å². The van der Waals surface area contributed by atoms with E-state index in [0.717, 1.165) is 42.0 Å². The van der Waals surface area contributed by atoms with E-state index in [0.29, 0.717) is 6.54 Å². The van der Waals surface area contributed by atoms with Crippen LogP contribution in [0.5, 0.6) is 11.5 Å². The summed E-state index contributed by atoms with van der Waals surface area (Å²) < 4.78 is 13.0. The first-order valence-electron chi connectivity index (χ1n) is 7.53. The molecule has 4 heteroatoms. The molecule has 1 aliphatic carbocycles. The summed E-state index contributed by atoms with van der Waals surface area (Å²) in [5, 5.41) is 0. The van der Waals surface area contributed by atoms with Gasteiger partial charge in [-0.05, 0) is 30.9 Å². The Kier molecular flexibility index (Phi) is 3.95. The Balaban J connectivity index is 2.16. The molecule has 0 amide bonds. The van der Waals surface area contributed by atoms with Crippen molar-refractivity contribution in [2.45, 2.75) is 44.4 Å². The van der Waals surface area contributed by atoms with Crippen molar-refractivity contribution in [3.8, 4) is 11.5 Å². The zero-order valence-corrected chi connectivity index (χ0v) is 13.6. The van der Waals surface area contributed by atoms with E-state index in [-0.39, 0.29) is 5.41 Å². The van der Waals surface area contributed by atoms with Gasteiger partial charge >= 0.3 is 0 Å². The van der Waals surface area contributed by atoms with Crippen LogP contribution in [0, 0.1) is 0 Å². The summed E-state index contributed by atoms with van der Waals surface area (Å²) in [6.45, 7) is 4.35. The average molecular weight is 340 g/mol. The molecule has 0 aromatic heterocycles. The van der Waals surface area contributed by atoms with Crippen LogP contribution in [0.4, 0.5) is 0 Å². The van der Waals surface area contributed by atoms with Gasteiger partial charge in [0.25, 0.3) is 0 Å². The normalized spacial score (nSPS) is 20.1. The van der Waals surface area contributed by atoms with Crippen LogP contribution in [0.2, 0.25) is 0 Å². The second kappa shape index (κ2) is 5.57. The van der Waals surface area contributed by atoms with Gasteiger partial charge in [0.2, 0.25) is 0 Å². The van der Waals surface area contributed by atoms with Gasteiger partial charge in [0.15, 0.2) is 11.5 Å². The third kappa shape index (κ3) is 2.13. The van der Waals surface area contributed by atoms with Gasteiger partial charge < -0.3 is 15.2 Å². The Morgan fingerprint density at radius 3 is 2.60 bits per heavy atom. The van der Waals surface area contributed by atoms with Crippen molar-refractivity contribution in [1.82, 2.24) is 0 Å². The second-order valence-corrected chi connectivity index (χ2v) is 6.64. The number of hydrogen-bond acceptors (Lipinski definition) is 3. The van der Waals surface area contributed by atoms with Gasteiger partial charge in [0.05, 0.1) is 13.2 Å². The number of fused-ring (bicyclic) bond motifs is 1. The van der Waals surface area contributed by atoms with E-state index < -0.39 is 0 Å². The summed E-state index contributed by atoms with van der Waals surface area (Å²) >= 11 is 3.75. The van der Waals surface area contributed by atoms with Crippen LogP contribution in [0.1, 0.15) is 43.7 Å². The number of halogens is 1. The number of benzene rings is 1. The lowest BCUT2D eigenvalue weighted by molar-refractivity contribution is 0.247. The molecule has 0 unspecified atom stereocenters. The van der Waals surface area contributed by atoms with Crippen LogP contribution in [0.3, 0.4) is 0 Å². The molecular formula is C16H22BrNO2. The van der Waals surface area contributed by atoms with Crippen LogP contribution in [0.15, 0.2) is 10.5 Å². The maximum Gasteiger partial charge on any atom is 0.164 e. The zero-order valence-electron chi connectivity index (χ0n) is 12.0. The Morgan fingerprint density at radius 1 is 1.25 bits per heavy atom. The lowest BCUT2D eigenvalue weighted by Gasteiger charge is -2.43. The summed E-state index contributed by atoms with van der Waals surface area (Å²) in [7, 11) is 0. The van der Waals surface area contributed by atoms with E-state index in [1.165, 1.54) is 30.4 Å². The lowest BCUT2D eigenvalue weighted by atomic mass is 9.63. The van der Waals surface area contributed by atoms with Crippen LogP contribution in [-0.2, 0) is 11.8 Å². The smallest absolute Gasteiger partial charge is 0.164 e. The highest BCUT2D eigenvalue weighted by Gasteiger charge is 2.41. The van der Waals surface area contributed by atoms with E-state index in [4.69, 9.17) is 15.2 Å². The molecule has 0 spiro atoms. The molecule has 0 saturated heterocycles. The maximum absolute atomic E-state index is 6.11. The maximum atomic E-state index is 6.11. The average Bonchev–Trinajstić information content (AvgIpc) is 2.63. The second-order valence-electron chi connectivity index (χ2n) is 5.78. The fraction of sp³-hybridized carbons (Fsp3) is 0.625. The third-order valence-corrected chi connectivity index (χ3v) is 5.30. The molecule has 3 nitrogen and oxygen atoms in total. The van der Waals surface area contributed by atoms with Crippen LogP contribution in [0.25, 0.3) is 0 Å². The Morgan fingerprint density at radius 2 is 2.00 bits per heavy atom. The molecule has 1 fully saturated rings. The van der Waals surface area contributed by atoms with E-state index in [2.05, 4.69) is 28.9 Å². The quantitative estimate of drug-likeness (QED) is 0.915. The van der Waals surface area contributed by atoms with E-state index in [9.17, 15) is 0 Å². The molecule has 20 heavy (non-hydrogen) atoms. The van der Waals surface area contributed by atoms with Crippen LogP contribution >= 0.6 is 15.9 Å². The summed E-state index contributed by atoms with van der Waals surface area (Å²) in [5.74, 6) is 1.82. The topological polar surface area (TPSA) is 44.5 Å². The fourth-order valence-electron chi connectivity index (χ4n) is 3.41. The van der Waals surface area contributed by atoms with Crippen molar-refractivity contribution in [2.24, 2.45) is 5.73 Å². The highest BCUT2D eigenvalue weighted by molar-refractivity contribution is 9.10. The van der Waals surface area contributed by atoms with Gasteiger partial charge in [-0.1, -0.05) is 29.3 Å². The first-order chi connectivity index (χ1) is 9.72. The molecular weight excluding hydrogens is 318 g/mol. The Hall–Kier alpha value is -0.740. The Labute approximate surface area is 129 Å². The molecule has 2 N–H and O–H groups in total. The minimum Gasteiger partial charge on any atom is -0.490 e. The van der Waals surface area contributed by atoms with Gasteiger partial charge in [0, 0.05) is 28.4 Å². The number of ether oxygens (including phenoxy) is 2. The molecule has 1 aliphatic heterocycles. The molecule has 0 atom stereocenters. The summed E-state index contributed by atoms with van der Waals surface area (Å²) in [4.78, 5) is 0. The minimum absolute atomic E-state index is 0.134. The van der Waals surface area contributed by atoms with Crippen molar-refractivity contribution in [3.05, 3.63) is 21.7 Å². The predicted molar refractivity (Wildman–Crippen MR) is 83.7 cm³/mol. The summed E-state index contributed by atoms with van der Waals surface area (Å²) in [5.41, 5.74) is 8.88. The molecule has 0 bridgehead atoms. The van der Waals surface area contributed by atoms with Gasteiger partial charge in [-0.15, -0.1) is 0 Å². The van der Waals surface area contributed by atoms with Gasteiger partial charge in [0.1, 0.15) is 0 Å². The molecule has 0 radical (unpaired) electrons. The molecule has 110 valence electrons. The molecule has 1 aromatic carbocycles. The summed E-state index contributed by atoms with van der Waals surface area (Å²) in [6.07, 6.45) is 5.50. The standard InChI is InChI=1S/C16H22BrNO2/c1-2-11-14(16(10-18)5-3-6-16)12(17)9-13-15(11)20-8-4-7-19-13/h9H,2-8,10,18H2,1H3. The van der Waals surface area contributed by atoms with Crippen molar-refractivity contribution in [1.29, 1.82) is 0 Å². The fourth-order valence-corrected chi connectivity index (χ4v) is 4.28. The van der Waals surface area contributed by atoms with Crippen molar-refractivity contribution in [2.75, 3.05) is 19.8 Å². The number of rotatable bonds is 3. The van der Waals surface area contributed by atoms with Crippen molar-refractivity contribution in [3.63, 3.8) is 0 Å². The van der Waals surface area contributed by atoms with Crippen LogP contribution in [-0.4, -0.2) is 19.8 Å². The molecule has 1 aromatic rings. The highest BCUT2D eigenvalue weighted by Crippen LogP contribution is 2.51. The monoisotopic (exact) mass is 339 g/mol. The minimum atomic E-state index is 0.134. The van der Waals surface area contributed by atoms with E-state index in [1.54, 1.807) is 0 Å². The van der Waals surface area contributed by atoms with Crippen molar-refractivity contribution < 1.29 is 9.47 Å². The summed E-state index contributed by atoms with van der Waals surface area (Å²) in [6, 6.07) is 2.07. The molecule has 3 rings (SSSR count).